The van der Waals surface area contributed by atoms with Crippen molar-refractivity contribution in [2.45, 2.75) is 5.54 Å². The molecule has 0 saturated carbocycles. The fraction of sp³-hybridized carbons (Fsp3) is 0.0385. The zero-order valence-corrected chi connectivity index (χ0v) is 17.8. The fourth-order valence-electron chi connectivity index (χ4n) is 4.25. The van der Waals surface area contributed by atoms with Crippen molar-refractivity contribution in [1.29, 1.82) is 0 Å². The number of aromatic nitrogens is 2. The third-order valence-electron chi connectivity index (χ3n) is 5.55. The summed E-state index contributed by atoms with van der Waals surface area (Å²) in [7, 11) is 0. The zero-order valence-electron chi connectivity index (χ0n) is 16.2. The van der Waals surface area contributed by atoms with Gasteiger partial charge in [-0.05, 0) is 50.8 Å². The number of anilines is 1. The first-order valence-corrected chi connectivity index (χ1v) is 10.6. The normalized spacial score (nSPS) is 11.6. The highest BCUT2D eigenvalue weighted by atomic mass is 79.9. The van der Waals surface area contributed by atoms with Crippen LogP contribution in [0.5, 0.6) is 0 Å². The van der Waals surface area contributed by atoms with E-state index in [1.54, 1.807) is 0 Å². The van der Waals surface area contributed by atoms with Crippen molar-refractivity contribution < 1.29 is 0 Å². The van der Waals surface area contributed by atoms with Crippen molar-refractivity contribution in [3.8, 4) is 0 Å². The Kier molecular flexibility index (Phi) is 4.64. The van der Waals surface area contributed by atoms with Crippen LogP contribution in [0.2, 0.25) is 0 Å². The summed E-state index contributed by atoms with van der Waals surface area (Å²) in [5.41, 5.74) is 10.6. The molecule has 146 valence electrons. The van der Waals surface area contributed by atoms with E-state index in [2.05, 4.69) is 93.4 Å². The predicted molar refractivity (Wildman–Crippen MR) is 126 cm³/mol. The van der Waals surface area contributed by atoms with Crippen LogP contribution in [0.1, 0.15) is 16.7 Å². The van der Waals surface area contributed by atoms with Crippen LogP contribution in [0.4, 0.5) is 5.69 Å². The lowest BCUT2D eigenvalue weighted by molar-refractivity contribution is 0.473. The minimum Gasteiger partial charge on any atom is -0.399 e. The summed E-state index contributed by atoms with van der Waals surface area (Å²) >= 11 is 3.68. The predicted octanol–water partition coefficient (Wildman–Crippen LogP) is 6.22. The average Bonchev–Trinajstić information content (AvgIpc) is 3.12. The molecule has 0 aliphatic carbocycles. The van der Waals surface area contributed by atoms with Crippen molar-refractivity contribution >= 4 is 32.5 Å². The number of halogens is 1. The molecule has 3 nitrogen and oxygen atoms in total. The van der Waals surface area contributed by atoms with E-state index >= 15 is 0 Å². The van der Waals surface area contributed by atoms with E-state index in [1.807, 2.05) is 36.4 Å². The molecule has 1 heterocycles. The number of benzene rings is 4. The molecule has 5 aromatic rings. The third kappa shape index (κ3) is 2.84. The van der Waals surface area contributed by atoms with Crippen LogP contribution in [-0.4, -0.2) is 9.78 Å². The number of nitrogens with zero attached hydrogens (tertiary/aromatic N) is 2. The van der Waals surface area contributed by atoms with Crippen molar-refractivity contribution in [1.82, 2.24) is 9.78 Å². The second-order valence-electron chi connectivity index (χ2n) is 7.29. The second-order valence-corrected chi connectivity index (χ2v) is 8.04. The Morgan fingerprint density at radius 3 is 1.60 bits per heavy atom. The van der Waals surface area contributed by atoms with Crippen molar-refractivity contribution in [2.24, 2.45) is 0 Å². The standard InChI is InChI=1S/C26H20BrN3/c27-25-23-17-16-22(28)18-24(23)30(29-25)26(19-10-4-1-5-11-19,20-12-6-2-7-13-20)21-14-8-3-9-15-21/h1-18H,28H2. The fourth-order valence-corrected chi connectivity index (χ4v) is 4.75. The van der Waals surface area contributed by atoms with E-state index in [1.165, 1.54) is 0 Å². The number of nitrogen functional groups attached to an aromatic ring is 1. The lowest BCUT2D eigenvalue weighted by Gasteiger charge is -2.37. The second kappa shape index (κ2) is 7.47. The van der Waals surface area contributed by atoms with Gasteiger partial charge in [0, 0.05) is 11.1 Å². The molecule has 0 aliphatic heterocycles. The number of nitrogens with two attached hydrogens (primary N) is 1. The zero-order chi connectivity index (χ0) is 20.6. The average molecular weight is 454 g/mol. The molecule has 0 unspecified atom stereocenters. The van der Waals surface area contributed by atoms with Gasteiger partial charge in [-0.15, -0.1) is 0 Å². The van der Waals surface area contributed by atoms with E-state index in [-0.39, 0.29) is 0 Å². The summed E-state index contributed by atoms with van der Waals surface area (Å²) in [5.74, 6) is 0. The van der Waals surface area contributed by atoms with E-state index in [0.29, 0.717) is 5.69 Å². The maximum atomic E-state index is 6.20. The number of hydrogen-bond donors (Lipinski definition) is 1. The van der Waals surface area contributed by atoms with E-state index in [9.17, 15) is 0 Å². The van der Waals surface area contributed by atoms with Gasteiger partial charge in [0.25, 0.3) is 0 Å². The van der Waals surface area contributed by atoms with E-state index in [0.717, 1.165) is 32.2 Å². The summed E-state index contributed by atoms with van der Waals surface area (Å²) in [6, 6.07) is 37.5. The molecule has 4 heteroatoms. The summed E-state index contributed by atoms with van der Waals surface area (Å²) < 4.78 is 2.90. The Labute approximate surface area is 183 Å². The Morgan fingerprint density at radius 1 is 0.667 bits per heavy atom. The molecule has 4 aromatic carbocycles. The molecule has 1 aromatic heterocycles. The first-order chi connectivity index (χ1) is 14.7. The molecule has 0 amide bonds. The van der Waals surface area contributed by atoms with Gasteiger partial charge in [0.05, 0.1) is 5.52 Å². The molecule has 0 bridgehead atoms. The highest BCUT2D eigenvalue weighted by Crippen LogP contribution is 2.43. The SMILES string of the molecule is Nc1ccc2c(Br)nn(C(c3ccccc3)(c3ccccc3)c3ccccc3)c2c1. The molecular weight excluding hydrogens is 434 g/mol. The van der Waals surface area contributed by atoms with Gasteiger partial charge in [0.15, 0.2) is 0 Å². The number of fused-ring (bicyclic) bond motifs is 1. The Bertz CT molecular complexity index is 1200. The van der Waals surface area contributed by atoms with E-state index in [4.69, 9.17) is 10.8 Å². The largest absolute Gasteiger partial charge is 0.399 e. The molecule has 0 aliphatic rings. The molecule has 2 N–H and O–H groups in total. The van der Waals surface area contributed by atoms with Crippen LogP contribution < -0.4 is 5.73 Å². The highest BCUT2D eigenvalue weighted by Gasteiger charge is 2.40. The van der Waals surface area contributed by atoms with Gasteiger partial charge in [-0.3, -0.25) is 0 Å². The van der Waals surface area contributed by atoms with Crippen LogP contribution in [0, 0.1) is 0 Å². The molecule has 0 atom stereocenters. The summed E-state index contributed by atoms with van der Waals surface area (Å²) in [4.78, 5) is 0. The minimum atomic E-state index is -0.665. The third-order valence-corrected chi connectivity index (χ3v) is 6.14. The monoisotopic (exact) mass is 453 g/mol. The number of hydrogen-bond acceptors (Lipinski definition) is 2. The lowest BCUT2D eigenvalue weighted by atomic mass is 9.77. The molecule has 0 saturated heterocycles. The quantitative estimate of drug-likeness (QED) is 0.259. The van der Waals surface area contributed by atoms with Gasteiger partial charge >= 0.3 is 0 Å². The molecule has 0 spiro atoms. The summed E-state index contributed by atoms with van der Waals surface area (Å²) in [6.45, 7) is 0. The van der Waals surface area contributed by atoms with Crippen molar-refractivity contribution in [2.75, 3.05) is 5.73 Å². The Balaban J connectivity index is 1.99. The first-order valence-electron chi connectivity index (χ1n) is 9.82. The van der Waals surface area contributed by atoms with Gasteiger partial charge in [0.2, 0.25) is 0 Å². The molecule has 30 heavy (non-hydrogen) atoms. The van der Waals surface area contributed by atoms with Crippen molar-refractivity contribution in [3.05, 3.63) is 130 Å². The van der Waals surface area contributed by atoms with Gasteiger partial charge in [-0.1, -0.05) is 91.0 Å². The molecular formula is C26H20BrN3. The maximum absolute atomic E-state index is 6.20. The van der Waals surface area contributed by atoms with Crippen LogP contribution in [0.3, 0.4) is 0 Å². The first kappa shape index (κ1) is 18.6. The Hall–Kier alpha value is -3.37. The van der Waals surface area contributed by atoms with Crippen molar-refractivity contribution in [3.63, 3.8) is 0 Å². The van der Waals surface area contributed by atoms with Gasteiger partial charge < -0.3 is 5.73 Å². The smallest absolute Gasteiger partial charge is 0.138 e. The minimum absolute atomic E-state index is 0.665. The Morgan fingerprint density at radius 2 is 1.13 bits per heavy atom. The summed E-state index contributed by atoms with van der Waals surface area (Å²) in [5, 5.41) is 6.03. The molecule has 0 radical (unpaired) electrons. The van der Waals surface area contributed by atoms with Gasteiger partial charge in [-0.2, -0.15) is 5.10 Å². The van der Waals surface area contributed by atoms with Gasteiger partial charge in [-0.25, -0.2) is 4.68 Å². The molecule has 0 fully saturated rings. The highest BCUT2D eigenvalue weighted by molar-refractivity contribution is 9.10. The van der Waals surface area contributed by atoms with Crippen LogP contribution in [-0.2, 0) is 5.54 Å². The number of rotatable bonds is 4. The van der Waals surface area contributed by atoms with Gasteiger partial charge in [0.1, 0.15) is 10.1 Å². The topological polar surface area (TPSA) is 43.8 Å². The van der Waals surface area contributed by atoms with Crippen LogP contribution in [0.25, 0.3) is 10.9 Å². The van der Waals surface area contributed by atoms with E-state index < -0.39 is 5.54 Å². The lowest BCUT2D eigenvalue weighted by Crippen LogP contribution is -2.38. The maximum Gasteiger partial charge on any atom is 0.138 e. The molecule has 5 rings (SSSR count). The van der Waals surface area contributed by atoms with Crippen LogP contribution in [0.15, 0.2) is 114 Å². The van der Waals surface area contributed by atoms with Crippen LogP contribution >= 0.6 is 15.9 Å². The summed E-state index contributed by atoms with van der Waals surface area (Å²) in [6.07, 6.45) is 0.